The molecule has 0 aliphatic carbocycles. The fraction of sp³-hybridized carbons (Fsp3) is 0.125. The third-order valence-corrected chi connectivity index (χ3v) is 4.86. The van der Waals surface area contributed by atoms with E-state index in [4.69, 9.17) is 4.74 Å². The van der Waals surface area contributed by atoms with Crippen LogP contribution in [0.5, 0.6) is 5.75 Å². The van der Waals surface area contributed by atoms with Gasteiger partial charge in [-0.25, -0.2) is 4.98 Å². The summed E-state index contributed by atoms with van der Waals surface area (Å²) in [5, 5.41) is 0.520. The molecular weight excluding hydrogens is 378 g/mol. The Hall–Kier alpha value is -3.93. The first kappa shape index (κ1) is 19.4. The molecule has 1 amide bonds. The molecule has 0 bridgehead atoms. The number of carbonyl (C=O) groups excluding carboxylic acids is 1. The SMILES string of the molecule is COc1ccccc1CN(Cc1nc2ccccc2c(=O)[nH]1)C(=O)c1ccccc1. The normalized spacial score (nSPS) is 10.7. The van der Waals surface area contributed by atoms with E-state index in [1.807, 2.05) is 48.5 Å². The fourth-order valence-electron chi connectivity index (χ4n) is 3.39. The predicted molar refractivity (Wildman–Crippen MR) is 115 cm³/mol. The van der Waals surface area contributed by atoms with Gasteiger partial charge >= 0.3 is 0 Å². The molecule has 0 aliphatic rings. The van der Waals surface area contributed by atoms with Crippen LogP contribution in [0.1, 0.15) is 21.7 Å². The summed E-state index contributed by atoms with van der Waals surface area (Å²) in [4.78, 5) is 34.7. The average Bonchev–Trinajstić information content (AvgIpc) is 2.79. The molecule has 3 aromatic carbocycles. The number of fused-ring (bicyclic) bond motifs is 1. The lowest BCUT2D eigenvalue weighted by Gasteiger charge is -2.23. The second-order valence-corrected chi connectivity index (χ2v) is 6.87. The van der Waals surface area contributed by atoms with Gasteiger partial charge in [-0.1, -0.05) is 48.5 Å². The molecule has 0 saturated carbocycles. The van der Waals surface area contributed by atoms with Crippen molar-refractivity contribution in [1.29, 1.82) is 0 Å². The molecule has 6 nitrogen and oxygen atoms in total. The lowest BCUT2D eigenvalue weighted by molar-refractivity contribution is 0.0724. The van der Waals surface area contributed by atoms with Crippen LogP contribution in [0.2, 0.25) is 0 Å². The predicted octanol–water partition coefficient (Wildman–Crippen LogP) is 3.77. The minimum absolute atomic E-state index is 0.155. The highest BCUT2D eigenvalue weighted by Crippen LogP contribution is 2.21. The maximum atomic E-state index is 13.3. The Balaban J connectivity index is 1.71. The number of nitrogens with one attached hydrogen (secondary N) is 1. The molecular formula is C24H21N3O3. The standard InChI is InChI=1S/C24H21N3O3/c1-30-21-14-8-5-11-18(21)15-27(24(29)17-9-3-2-4-10-17)16-22-25-20-13-7-6-12-19(20)23(28)26-22/h2-14H,15-16H2,1H3,(H,25,26,28). The molecule has 150 valence electrons. The van der Waals surface area contributed by atoms with Crippen molar-refractivity contribution in [3.63, 3.8) is 0 Å². The summed E-state index contributed by atoms with van der Waals surface area (Å²) in [6, 6.07) is 23.8. The average molecular weight is 399 g/mol. The first-order chi connectivity index (χ1) is 14.7. The molecule has 4 aromatic rings. The molecule has 4 rings (SSSR count). The number of aromatic nitrogens is 2. The quantitative estimate of drug-likeness (QED) is 0.535. The van der Waals surface area contributed by atoms with Crippen LogP contribution in [-0.4, -0.2) is 27.9 Å². The summed E-state index contributed by atoms with van der Waals surface area (Å²) in [7, 11) is 1.60. The zero-order valence-corrected chi connectivity index (χ0v) is 16.5. The smallest absolute Gasteiger partial charge is 0.258 e. The van der Waals surface area contributed by atoms with Crippen LogP contribution >= 0.6 is 0 Å². The van der Waals surface area contributed by atoms with Crippen LogP contribution in [0.15, 0.2) is 83.7 Å². The van der Waals surface area contributed by atoms with Crippen LogP contribution in [0.3, 0.4) is 0 Å². The Labute approximate surface area is 173 Å². The number of benzene rings is 3. The molecule has 1 aromatic heterocycles. The second kappa shape index (κ2) is 8.61. The van der Waals surface area contributed by atoms with Crippen LogP contribution in [0.4, 0.5) is 0 Å². The van der Waals surface area contributed by atoms with Gasteiger partial charge in [-0.2, -0.15) is 0 Å². The lowest BCUT2D eigenvalue weighted by atomic mass is 10.1. The number of methoxy groups -OCH3 is 1. The van der Waals surface area contributed by atoms with E-state index in [1.54, 1.807) is 42.3 Å². The summed E-state index contributed by atoms with van der Waals surface area (Å²) in [5.74, 6) is 0.971. The van der Waals surface area contributed by atoms with Crippen LogP contribution in [0.25, 0.3) is 10.9 Å². The van der Waals surface area contributed by atoms with Gasteiger partial charge < -0.3 is 14.6 Å². The van der Waals surface area contributed by atoms with Crippen molar-refractivity contribution < 1.29 is 9.53 Å². The molecule has 6 heteroatoms. The van der Waals surface area contributed by atoms with E-state index in [1.165, 1.54) is 0 Å². The highest BCUT2D eigenvalue weighted by atomic mass is 16.5. The number of hydrogen-bond acceptors (Lipinski definition) is 4. The highest BCUT2D eigenvalue weighted by molar-refractivity contribution is 5.94. The van der Waals surface area contributed by atoms with Crippen LogP contribution < -0.4 is 10.3 Å². The van der Waals surface area contributed by atoms with Crippen molar-refractivity contribution >= 4 is 16.8 Å². The van der Waals surface area contributed by atoms with Gasteiger partial charge in [-0.3, -0.25) is 9.59 Å². The lowest BCUT2D eigenvalue weighted by Crippen LogP contribution is -2.32. The number of ether oxygens (including phenoxy) is 1. The third kappa shape index (κ3) is 4.07. The first-order valence-electron chi connectivity index (χ1n) is 9.60. The van der Waals surface area contributed by atoms with E-state index < -0.39 is 0 Å². The molecule has 0 atom stereocenters. The summed E-state index contributed by atoms with van der Waals surface area (Å²) < 4.78 is 5.45. The van der Waals surface area contributed by atoms with Crippen LogP contribution in [-0.2, 0) is 13.1 Å². The van der Waals surface area contributed by atoms with Gasteiger partial charge in [-0.05, 0) is 30.3 Å². The summed E-state index contributed by atoms with van der Waals surface area (Å²) in [5.41, 5.74) is 1.81. The van der Waals surface area contributed by atoms with Gasteiger partial charge in [0.2, 0.25) is 0 Å². The van der Waals surface area contributed by atoms with Gasteiger partial charge in [0.05, 0.1) is 31.1 Å². The molecule has 0 fully saturated rings. The zero-order chi connectivity index (χ0) is 20.9. The highest BCUT2D eigenvalue weighted by Gasteiger charge is 2.19. The third-order valence-electron chi connectivity index (χ3n) is 4.86. The van der Waals surface area contributed by atoms with Crippen LogP contribution in [0, 0.1) is 0 Å². The topological polar surface area (TPSA) is 75.3 Å². The Kier molecular flexibility index (Phi) is 5.57. The van der Waals surface area contributed by atoms with Crippen molar-refractivity contribution in [2.24, 2.45) is 0 Å². The number of aromatic amines is 1. The maximum absolute atomic E-state index is 13.3. The van der Waals surface area contributed by atoms with E-state index >= 15 is 0 Å². The fourth-order valence-corrected chi connectivity index (χ4v) is 3.39. The molecule has 0 unspecified atom stereocenters. The Morgan fingerprint density at radius 3 is 2.43 bits per heavy atom. The van der Waals surface area contributed by atoms with Crippen molar-refractivity contribution in [1.82, 2.24) is 14.9 Å². The minimum atomic E-state index is -0.222. The van der Waals surface area contributed by atoms with E-state index in [0.29, 0.717) is 34.6 Å². The number of H-pyrrole nitrogens is 1. The number of amides is 1. The van der Waals surface area contributed by atoms with Gasteiger partial charge in [-0.15, -0.1) is 0 Å². The van der Waals surface area contributed by atoms with Crippen molar-refractivity contribution in [2.45, 2.75) is 13.1 Å². The van der Waals surface area contributed by atoms with Crippen molar-refractivity contribution in [3.8, 4) is 5.75 Å². The number of rotatable bonds is 6. The molecule has 0 spiro atoms. The molecule has 1 heterocycles. The molecule has 30 heavy (non-hydrogen) atoms. The van der Waals surface area contributed by atoms with Crippen molar-refractivity contribution in [2.75, 3.05) is 7.11 Å². The Bertz CT molecular complexity index is 1240. The molecule has 0 aliphatic heterocycles. The largest absolute Gasteiger partial charge is 0.496 e. The number of hydrogen-bond donors (Lipinski definition) is 1. The van der Waals surface area contributed by atoms with E-state index in [0.717, 1.165) is 5.56 Å². The number of carbonyl (C=O) groups is 1. The van der Waals surface area contributed by atoms with Gasteiger partial charge in [0.1, 0.15) is 11.6 Å². The molecule has 1 N–H and O–H groups in total. The summed E-state index contributed by atoms with van der Waals surface area (Å²) in [6.07, 6.45) is 0. The Morgan fingerprint density at radius 2 is 1.63 bits per heavy atom. The van der Waals surface area contributed by atoms with Crippen molar-refractivity contribution in [3.05, 3.63) is 106 Å². The summed E-state index contributed by atoms with van der Waals surface area (Å²) in [6.45, 7) is 0.472. The molecule has 0 saturated heterocycles. The first-order valence-corrected chi connectivity index (χ1v) is 9.60. The molecule has 0 radical (unpaired) electrons. The number of para-hydroxylation sites is 2. The zero-order valence-electron chi connectivity index (χ0n) is 16.5. The second-order valence-electron chi connectivity index (χ2n) is 6.87. The van der Waals surface area contributed by atoms with E-state index in [2.05, 4.69) is 9.97 Å². The minimum Gasteiger partial charge on any atom is -0.496 e. The number of nitrogens with zero attached hydrogens (tertiary/aromatic N) is 2. The monoisotopic (exact) mass is 399 g/mol. The summed E-state index contributed by atoms with van der Waals surface area (Å²) >= 11 is 0. The van der Waals surface area contributed by atoms with E-state index in [9.17, 15) is 9.59 Å². The van der Waals surface area contributed by atoms with Gasteiger partial charge in [0.25, 0.3) is 11.5 Å². The van der Waals surface area contributed by atoms with Gasteiger partial charge in [0, 0.05) is 11.1 Å². The van der Waals surface area contributed by atoms with E-state index in [-0.39, 0.29) is 18.0 Å². The Morgan fingerprint density at radius 1 is 0.933 bits per heavy atom. The van der Waals surface area contributed by atoms with Gasteiger partial charge in [0.15, 0.2) is 0 Å². The maximum Gasteiger partial charge on any atom is 0.258 e.